The molecule has 2 aromatic carbocycles. The molecule has 0 aromatic heterocycles. The van der Waals surface area contributed by atoms with Crippen LogP contribution in [0.5, 0.6) is 0 Å². The average Bonchev–Trinajstić information content (AvgIpc) is 2.39. The summed E-state index contributed by atoms with van der Waals surface area (Å²) in [6, 6.07) is 17.2. The summed E-state index contributed by atoms with van der Waals surface area (Å²) in [6.45, 7) is 2.76. The van der Waals surface area contributed by atoms with E-state index >= 15 is 0 Å². The molecule has 0 saturated carbocycles. The predicted molar refractivity (Wildman–Crippen MR) is 80.5 cm³/mol. The summed E-state index contributed by atoms with van der Waals surface area (Å²) >= 11 is 1.95. The van der Waals surface area contributed by atoms with E-state index < -0.39 is 0 Å². The Morgan fingerprint density at radius 1 is 0.889 bits per heavy atom. The maximum absolute atomic E-state index is 5.65. The molecule has 2 N–H and O–H groups in total. The standard InChI is InChI=1S/C16H19NS/c1-13-4-2-6-15(8-13)11-18-12-16-7-3-5-14(9-16)10-17/h2-9H,10-12,17H2,1H3. The van der Waals surface area contributed by atoms with E-state index in [2.05, 4.69) is 55.5 Å². The SMILES string of the molecule is Cc1cccc(CSCc2cccc(CN)c2)c1. The highest BCUT2D eigenvalue weighted by Crippen LogP contribution is 2.19. The van der Waals surface area contributed by atoms with Crippen molar-refractivity contribution in [3.63, 3.8) is 0 Å². The van der Waals surface area contributed by atoms with Crippen LogP contribution < -0.4 is 5.73 Å². The number of nitrogens with two attached hydrogens (primary N) is 1. The first-order valence-corrected chi connectivity index (χ1v) is 7.34. The Morgan fingerprint density at radius 2 is 1.50 bits per heavy atom. The molecule has 0 amide bonds. The van der Waals surface area contributed by atoms with Crippen LogP contribution >= 0.6 is 11.8 Å². The number of benzene rings is 2. The second-order valence-electron chi connectivity index (χ2n) is 4.51. The zero-order chi connectivity index (χ0) is 12.8. The third kappa shape index (κ3) is 3.90. The molecule has 0 saturated heterocycles. The fourth-order valence-corrected chi connectivity index (χ4v) is 2.87. The molecule has 0 radical (unpaired) electrons. The van der Waals surface area contributed by atoms with Gasteiger partial charge in [-0.15, -0.1) is 0 Å². The lowest BCUT2D eigenvalue weighted by Gasteiger charge is -2.05. The van der Waals surface area contributed by atoms with E-state index in [0.717, 1.165) is 11.5 Å². The number of thioether (sulfide) groups is 1. The van der Waals surface area contributed by atoms with Crippen LogP contribution in [0, 0.1) is 6.92 Å². The van der Waals surface area contributed by atoms with Gasteiger partial charge in [0, 0.05) is 18.1 Å². The van der Waals surface area contributed by atoms with E-state index in [1.165, 1.54) is 22.3 Å². The van der Waals surface area contributed by atoms with Gasteiger partial charge in [-0.25, -0.2) is 0 Å². The summed E-state index contributed by atoms with van der Waals surface area (Å²) in [5.74, 6) is 2.11. The molecule has 0 atom stereocenters. The van der Waals surface area contributed by atoms with Gasteiger partial charge in [-0.2, -0.15) is 11.8 Å². The summed E-state index contributed by atoms with van der Waals surface area (Å²) in [4.78, 5) is 0. The summed E-state index contributed by atoms with van der Waals surface area (Å²) in [7, 11) is 0. The van der Waals surface area contributed by atoms with E-state index in [4.69, 9.17) is 5.73 Å². The zero-order valence-corrected chi connectivity index (χ0v) is 11.5. The van der Waals surface area contributed by atoms with E-state index in [1.807, 2.05) is 11.8 Å². The molecular formula is C16H19NS. The molecule has 2 rings (SSSR count). The molecule has 2 aromatic rings. The Balaban J connectivity index is 1.88. The molecular weight excluding hydrogens is 238 g/mol. The minimum absolute atomic E-state index is 0.621. The predicted octanol–water partition coefficient (Wildman–Crippen LogP) is 3.89. The quantitative estimate of drug-likeness (QED) is 0.879. The van der Waals surface area contributed by atoms with E-state index in [9.17, 15) is 0 Å². The van der Waals surface area contributed by atoms with Crippen LogP contribution in [0.25, 0.3) is 0 Å². The summed E-state index contributed by atoms with van der Waals surface area (Å²) in [5.41, 5.74) is 10.9. The van der Waals surface area contributed by atoms with Gasteiger partial charge >= 0.3 is 0 Å². The van der Waals surface area contributed by atoms with Gasteiger partial charge in [0.1, 0.15) is 0 Å². The fraction of sp³-hybridized carbons (Fsp3) is 0.250. The van der Waals surface area contributed by atoms with Crippen LogP contribution in [-0.2, 0) is 18.1 Å². The third-order valence-electron chi connectivity index (χ3n) is 2.85. The Labute approximate surface area is 113 Å². The van der Waals surface area contributed by atoms with Crippen LogP contribution in [0.1, 0.15) is 22.3 Å². The van der Waals surface area contributed by atoms with Crippen molar-refractivity contribution in [3.8, 4) is 0 Å². The Morgan fingerprint density at radius 3 is 2.17 bits per heavy atom. The molecule has 0 heterocycles. The highest BCUT2D eigenvalue weighted by molar-refractivity contribution is 7.97. The summed E-state index contributed by atoms with van der Waals surface area (Å²) < 4.78 is 0. The second kappa shape index (κ2) is 6.62. The van der Waals surface area contributed by atoms with Crippen LogP contribution in [0.15, 0.2) is 48.5 Å². The summed E-state index contributed by atoms with van der Waals surface area (Å²) in [5, 5.41) is 0. The molecule has 0 fully saturated rings. The molecule has 0 aliphatic rings. The molecule has 0 bridgehead atoms. The Bertz CT molecular complexity index is 508. The molecule has 0 spiro atoms. The maximum atomic E-state index is 5.65. The van der Waals surface area contributed by atoms with E-state index in [0.29, 0.717) is 6.54 Å². The monoisotopic (exact) mass is 257 g/mol. The first-order chi connectivity index (χ1) is 8.78. The third-order valence-corrected chi connectivity index (χ3v) is 3.92. The maximum Gasteiger partial charge on any atom is 0.0188 e. The van der Waals surface area contributed by atoms with E-state index in [1.54, 1.807) is 0 Å². The van der Waals surface area contributed by atoms with Gasteiger partial charge in [0.05, 0.1) is 0 Å². The number of hydrogen-bond acceptors (Lipinski definition) is 2. The highest BCUT2D eigenvalue weighted by atomic mass is 32.2. The normalized spacial score (nSPS) is 10.6. The number of hydrogen-bond donors (Lipinski definition) is 1. The Hall–Kier alpha value is -1.25. The molecule has 0 unspecified atom stereocenters. The van der Waals surface area contributed by atoms with Crippen molar-refractivity contribution in [1.82, 2.24) is 0 Å². The summed E-state index contributed by atoms with van der Waals surface area (Å²) in [6.07, 6.45) is 0. The molecule has 1 nitrogen and oxygen atoms in total. The molecule has 94 valence electrons. The molecule has 2 heteroatoms. The lowest BCUT2D eigenvalue weighted by Crippen LogP contribution is -1.96. The van der Waals surface area contributed by atoms with Crippen molar-refractivity contribution < 1.29 is 0 Å². The number of rotatable bonds is 5. The van der Waals surface area contributed by atoms with Crippen LogP contribution in [0.3, 0.4) is 0 Å². The molecule has 0 aliphatic carbocycles. The van der Waals surface area contributed by atoms with Crippen molar-refractivity contribution in [2.45, 2.75) is 25.0 Å². The van der Waals surface area contributed by atoms with Crippen LogP contribution in [0.2, 0.25) is 0 Å². The first kappa shape index (κ1) is 13.2. The van der Waals surface area contributed by atoms with Crippen molar-refractivity contribution in [3.05, 3.63) is 70.8 Å². The van der Waals surface area contributed by atoms with Crippen molar-refractivity contribution >= 4 is 11.8 Å². The largest absolute Gasteiger partial charge is 0.326 e. The van der Waals surface area contributed by atoms with E-state index in [-0.39, 0.29) is 0 Å². The second-order valence-corrected chi connectivity index (χ2v) is 5.49. The van der Waals surface area contributed by atoms with Gasteiger partial charge in [0.25, 0.3) is 0 Å². The first-order valence-electron chi connectivity index (χ1n) is 6.19. The minimum Gasteiger partial charge on any atom is -0.326 e. The van der Waals surface area contributed by atoms with Gasteiger partial charge in [-0.3, -0.25) is 0 Å². The van der Waals surface area contributed by atoms with Crippen LogP contribution in [0.4, 0.5) is 0 Å². The zero-order valence-electron chi connectivity index (χ0n) is 10.7. The fourth-order valence-electron chi connectivity index (χ4n) is 1.94. The van der Waals surface area contributed by atoms with Crippen molar-refractivity contribution in [2.75, 3.05) is 0 Å². The van der Waals surface area contributed by atoms with Gasteiger partial charge in [0.2, 0.25) is 0 Å². The molecule has 0 aliphatic heterocycles. The molecule has 18 heavy (non-hydrogen) atoms. The topological polar surface area (TPSA) is 26.0 Å². The minimum atomic E-state index is 0.621. The Kier molecular flexibility index (Phi) is 4.85. The van der Waals surface area contributed by atoms with Gasteiger partial charge < -0.3 is 5.73 Å². The highest BCUT2D eigenvalue weighted by Gasteiger charge is 1.97. The smallest absolute Gasteiger partial charge is 0.0188 e. The average molecular weight is 257 g/mol. The van der Waals surface area contributed by atoms with Crippen molar-refractivity contribution in [2.24, 2.45) is 5.73 Å². The van der Waals surface area contributed by atoms with Gasteiger partial charge in [0.15, 0.2) is 0 Å². The van der Waals surface area contributed by atoms with Gasteiger partial charge in [-0.1, -0.05) is 54.1 Å². The lowest BCUT2D eigenvalue weighted by molar-refractivity contribution is 1.06. The number of aryl methyl sites for hydroxylation is 1. The van der Waals surface area contributed by atoms with Gasteiger partial charge in [-0.05, 0) is 23.6 Å². The van der Waals surface area contributed by atoms with Crippen molar-refractivity contribution in [1.29, 1.82) is 0 Å². The lowest BCUT2D eigenvalue weighted by atomic mass is 10.1. The van der Waals surface area contributed by atoms with Crippen LogP contribution in [-0.4, -0.2) is 0 Å².